The molecule has 0 aromatic carbocycles. The second kappa shape index (κ2) is 3.42. The lowest BCUT2D eigenvalue weighted by Crippen LogP contribution is -2.46. The van der Waals surface area contributed by atoms with Gasteiger partial charge < -0.3 is 15.3 Å². The Morgan fingerprint density at radius 1 is 1.50 bits per heavy atom. The molecule has 2 fully saturated rings. The van der Waals surface area contributed by atoms with Crippen LogP contribution >= 0.6 is 0 Å². The zero-order chi connectivity index (χ0) is 10.2. The molecule has 0 aromatic heterocycles. The van der Waals surface area contributed by atoms with E-state index >= 15 is 0 Å². The molecule has 0 aromatic rings. The topological polar surface area (TPSA) is 52.6 Å². The summed E-state index contributed by atoms with van der Waals surface area (Å²) in [5.74, 6) is 0. The Labute approximate surface area is 84.3 Å². The minimum absolute atomic E-state index is 0.183. The SMILES string of the molecule is CN(C(=O)O)C1CNCC12CCCC2. The molecule has 4 nitrogen and oxygen atoms in total. The molecule has 1 spiro atoms. The first kappa shape index (κ1) is 9.77. The predicted octanol–water partition coefficient (Wildman–Crippen LogP) is 1.13. The number of amides is 1. The highest BCUT2D eigenvalue weighted by Crippen LogP contribution is 2.44. The molecule has 2 N–H and O–H groups in total. The van der Waals surface area contributed by atoms with Gasteiger partial charge in [-0.15, -0.1) is 0 Å². The third kappa shape index (κ3) is 1.38. The molecule has 1 saturated carbocycles. The van der Waals surface area contributed by atoms with Crippen molar-refractivity contribution in [2.45, 2.75) is 31.7 Å². The standard InChI is InChI=1S/C10H18N2O2/c1-12(9(13)14)8-6-11-7-10(8)4-2-3-5-10/h8,11H,2-7H2,1H3,(H,13,14). The van der Waals surface area contributed by atoms with Crippen LogP contribution in [0.5, 0.6) is 0 Å². The van der Waals surface area contributed by atoms with Crippen LogP contribution in [0, 0.1) is 5.41 Å². The molecule has 80 valence electrons. The molecule has 0 radical (unpaired) electrons. The number of hydrogen-bond acceptors (Lipinski definition) is 2. The summed E-state index contributed by atoms with van der Waals surface area (Å²) in [6.45, 7) is 1.82. The minimum Gasteiger partial charge on any atom is -0.465 e. The first-order valence-corrected chi connectivity index (χ1v) is 5.32. The number of nitrogens with one attached hydrogen (secondary N) is 1. The molecule has 0 bridgehead atoms. The molecule has 1 aliphatic heterocycles. The van der Waals surface area contributed by atoms with Crippen LogP contribution in [0.2, 0.25) is 0 Å². The summed E-state index contributed by atoms with van der Waals surface area (Å²) in [5, 5.41) is 12.3. The maximum absolute atomic E-state index is 10.9. The number of carboxylic acid groups (broad SMARTS) is 1. The highest BCUT2D eigenvalue weighted by Gasteiger charge is 2.47. The summed E-state index contributed by atoms with van der Waals surface area (Å²) < 4.78 is 0. The number of rotatable bonds is 1. The van der Waals surface area contributed by atoms with Gasteiger partial charge in [0.2, 0.25) is 0 Å². The second-order valence-electron chi connectivity index (χ2n) is 4.61. The van der Waals surface area contributed by atoms with Crippen LogP contribution in [0.15, 0.2) is 0 Å². The fourth-order valence-corrected chi connectivity index (χ4v) is 3.06. The Morgan fingerprint density at radius 3 is 2.71 bits per heavy atom. The van der Waals surface area contributed by atoms with E-state index in [0.29, 0.717) is 0 Å². The smallest absolute Gasteiger partial charge is 0.407 e. The van der Waals surface area contributed by atoms with Crippen LogP contribution in [0.4, 0.5) is 4.79 Å². The van der Waals surface area contributed by atoms with Crippen LogP contribution < -0.4 is 5.32 Å². The zero-order valence-corrected chi connectivity index (χ0v) is 8.62. The molecule has 4 heteroatoms. The van der Waals surface area contributed by atoms with Gasteiger partial charge in [-0.25, -0.2) is 4.79 Å². The van der Waals surface area contributed by atoms with Crippen molar-refractivity contribution in [2.24, 2.45) is 5.41 Å². The van der Waals surface area contributed by atoms with Gasteiger partial charge in [-0.05, 0) is 12.8 Å². The van der Waals surface area contributed by atoms with Crippen LogP contribution in [-0.4, -0.2) is 42.3 Å². The predicted molar refractivity (Wildman–Crippen MR) is 53.3 cm³/mol. The van der Waals surface area contributed by atoms with Crippen molar-refractivity contribution >= 4 is 6.09 Å². The van der Waals surface area contributed by atoms with Crippen LogP contribution in [0.25, 0.3) is 0 Å². The number of likely N-dealkylation sites (N-methyl/N-ethyl adjacent to an activating group) is 1. The van der Waals surface area contributed by atoms with Crippen LogP contribution in [0.3, 0.4) is 0 Å². The van der Waals surface area contributed by atoms with E-state index in [1.54, 1.807) is 7.05 Å². The molecule has 1 aliphatic carbocycles. The van der Waals surface area contributed by atoms with E-state index in [9.17, 15) is 4.79 Å². The summed E-state index contributed by atoms with van der Waals surface area (Å²) in [6, 6.07) is 0.183. The lowest BCUT2D eigenvalue weighted by atomic mass is 9.81. The second-order valence-corrected chi connectivity index (χ2v) is 4.61. The summed E-state index contributed by atoms with van der Waals surface area (Å²) in [5.41, 5.74) is 0.243. The summed E-state index contributed by atoms with van der Waals surface area (Å²) in [7, 11) is 1.69. The highest BCUT2D eigenvalue weighted by atomic mass is 16.4. The number of hydrogen-bond donors (Lipinski definition) is 2. The number of nitrogens with zero attached hydrogens (tertiary/aromatic N) is 1. The van der Waals surface area contributed by atoms with Gasteiger partial charge >= 0.3 is 6.09 Å². The molecular formula is C10H18N2O2. The van der Waals surface area contributed by atoms with E-state index in [2.05, 4.69) is 5.32 Å². The van der Waals surface area contributed by atoms with E-state index in [0.717, 1.165) is 13.1 Å². The maximum Gasteiger partial charge on any atom is 0.407 e. The molecule has 2 rings (SSSR count). The molecule has 2 aliphatic rings. The van der Waals surface area contributed by atoms with Crippen LogP contribution in [0.1, 0.15) is 25.7 Å². The van der Waals surface area contributed by atoms with E-state index in [-0.39, 0.29) is 11.5 Å². The van der Waals surface area contributed by atoms with E-state index in [1.165, 1.54) is 30.6 Å². The molecular weight excluding hydrogens is 180 g/mol. The van der Waals surface area contributed by atoms with Crippen molar-refractivity contribution in [1.82, 2.24) is 10.2 Å². The molecule has 1 heterocycles. The van der Waals surface area contributed by atoms with Gasteiger partial charge in [-0.3, -0.25) is 0 Å². The summed E-state index contributed by atoms with van der Waals surface area (Å²) >= 11 is 0. The Bertz CT molecular complexity index is 231. The first-order valence-electron chi connectivity index (χ1n) is 5.32. The van der Waals surface area contributed by atoms with Crippen molar-refractivity contribution in [3.05, 3.63) is 0 Å². The molecule has 1 saturated heterocycles. The third-order valence-corrected chi connectivity index (χ3v) is 3.89. The summed E-state index contributed by atoms with van der Waals surface area (Å²) in [6.07, 6.45) is 4.08. The quantitative estimate of drug-likeness (QED) is 0.664. The lowest BCUT2D eigenvalue weighted by Gasteiger charge is -2.35. The largest absolute Gasteiger partial charge is 0.465 e. The van der Waals surface area contributed by atoms with Crippen molar-refractivity contribution in [3.63, 3.8) is 0 Å². The average Bonchev–Trinajstić information content (AvgIpc) is 2.76. The van der Waals surface area contributed by atoms with Crippen LogP contribution in [-0.2, 0) is 0 Å². The molecule has 1 atom stereocenters. The van der Waals surface area contributed by atoms with Gasteiger partial charge in [0.25, 0.3) is 0 Å². The van der Waals surface area contributed by atoms with Gasteiger partial charge in [-0.2, -0.15) is 0 Å². The Hall–Kier alpha value is -0.770. The lowest BCUT2D eigenvalue weighted by molar-refractivity contribution is 0.103. The average molecular weight is 198 g/mol. The third-order valence-electron chi connectivity index (χ3n) is 3.89. The van der Waals surface area contributed by atoms with Gasteiger partial charge in [0, 0.05) is 25.6 Å². The monoisotopic (exact) mass is 198 g/mol. The normalized spacial score (nSPS) is 29.6. The fraction of sp³-hybridized carbons (Fsp3) is 0.900. The first-order chi connectivity index (χ1) is 6.66. The van der Waals surface area contributed by atoms with Gasteiger partial charge in [-0.1, -0.05) is 12.8 Å². The van der Waals surface area contributed by atoms with Gasteiger partial charge in [0.1, 0.15) is 0 Å². The van der Waals surface area contributed by atoms with Crippen molar-refractivity contribution in [3.8, 4) is 0 Å². The Morgan fingerprint density at radius 2 is 2.14 bits per heavy atom. The number of carbonyl (C=O) groups is 1. The van der Waals surface area contributed by atoms with Gasteiger partial charge in [0.05, 0.1) is 6.04 Å². The molecule has 1 amide bonds. The fourth-order valence-electron chi connectivity index (χ4n) is 3.06. The Balaban J connectivity index is 2.13. The molecule has 14 heavy (non-hydrogen) atoms. The maximum atomic E-state index is 10.9. The van der Waals surface area contributed by atoms with Crippen molar-refractivity contribution in [2.75, 3.05) is 20.1 Å². The van der Waals surface area contributed by atoms with Crippen molar-refractivity contribution in [1.29, 1.82) is 0 Å². The minimum atomic E-state index is -0.801. The zero-order valence-electron chi connectivity index (χ0n) is 8.62. The Kier molecular flexibility index (Phi) is 2.39. The summed E-state index contributed by atoms with van der Waals surface area (Å²) in [4.78, 5) is 12.4. The van der Waals surface area contributed by atoms with E-state index < -0.39 is 6.09 Å². The van der Waals surface area contributed by atoms with E-state index in [1.807, 2.05) is 0 Å². The van der Waals surface area contributed by atoms with Gasteiger partial charge in [0.15, 0.2) is 0 Å². The molecule has 1 unspecified atom stereocenters. The van der Waals surface area contributed by atoms with Crippen molar-refractivity contribution < 1.29 is 9.90 Å². The highest BCUT2D eigenvalue weighted by molar-refractivity contribution is 5.65. The van der Waals surface area contributed by atoms with E-state index in [4.69, 9.17) is 5.11 Å².